The summed E-state index contributed by atoms with van der Waals surface area (Å²) in [4.78, 5) is 0. The van der Waals surface area contributed by atoms with Crippen molar-refractivity contribution >= 4 is 39.7 Å². The minimum absolute atomic E-state index is 0. The summed E-state index contributed by atoms with van der Waals surface area (Å²) in [6.45, 7) is 3.17. The standard InChI is InChI=1S/C4H10O3S.H3N.Na.H/c1-3-4(2)8(5,6)7;;;/h4H,3H2,1-2H3,(H,5,6,7);1H3;;. The van der Waals surface area contributed by atoms with Crippen molar-refractivity contribution in [3.05, 3.63) is 0 Å². The van der Waals surface area contributed by atoms with Crippen LogP contribution >= 0.6 is 0 Å². The van der Waals surface area contributed by atoms with Crippen molar-refractivity contribution in [1.82, 2.24) is 6.15 Å². The predicted molar refractivity (Wildman–Crippen MR) is 43.5 cm³/mol. The van der Waals surface area contributed by atoms with Gasteiger partial charge in [0.25, 0.3) is 10.1 Å². The average molecular weight is 179 g/mol. The van der Waals surface area contributed by atoms with Gasteiger partial charge in [-0.3, -0.25) is 4.55 Å². The first-order chi connectivity index (χ1) is 3.48. The molecule has 0 aliphatic rings. The van der Waals surface area contributed by atoms with Gasteiger partial charge in [0.2, 0.25) is 0 Å². The number of hydrogen-bond donors (Lipinski definition) is 2. The molecule has 0 amide bonds. The number of rotatable bonds is 2. The van der Waals surface area contributed by atoms with Gasteiger partial charge < -0.3 is 6.15 Å². The monoisotopic (exact) mass is 179 g/mol. The normalized spacial score (nSPS) is 12.7. The maximum absolute atomic E-state index is 10.1. The van der Waals surface area contributed by atoms with Crippen LogP contribution in [0.25, 0.3) is 0 Å². The van der Waals surface area contributed by atoms with Crippen LogP contribution in [0.1, 0.15) is 20.3 Å². The van der Waals surface area contributed by atoms with E-state index in [9.17, 15) is 8.42 Å². The summed E-state index contributed by atoms with van der Waals surface area (Å²) < 4.78 is 28.5. The Morgan fingerprint density at radius 1 is 1.50 bits per heavy atom. The molecule has 0 aromatic rings. The third-order valence-electron chi connectivity index (χ3n) is 1.08. The Morgan fingerprint density at radius 3 is 1.80 bits per heavy atom. The summed E-state index contributed by atoms with van der Waals surface area (Å²) >= 11 is 0. The molecule has 60 valence electrons. The fourth-order valence-corrected chi connectivity index (χ4v) is 0.632. The van der Waals surface area contributed by atoms with Crippen molar-refractivity contribution in [3.63, 3.8) is 0 Å². The van der Waals surface area contributed by atoms with Crippen LogP contribution < -0.4 is 6.15 Å². The third kappa shape index (κ3) is 6.98. The minimum atomic E-state index is -3.75. The quantitative estimate of drug-likeness (QED) is 0.467. The fourth-order valence-electron chi connectivity index (χ4n) is 0.211. The molecule has 0 rings (SSSR count). The van der Waals surface area contributed by atoms with Crippen molar-refractivity contribution in [2.45, 2.75) is 25.5 Å². The predicted octanol–water partition coefficient (Wildman–Crippen LogP) is 0.186. The van der Waals surface area contributed by atoms with Gasteiger partial charge >= 0.3 is 29.6 Å². The van der Waals surface area contributed by atoms with Crippen LogP contribution in [0.3, 0.4) is 0 Å². The zero-order valence-electron chi connectivity index (χ0n) is 5.66. The Labute approximate surface area is 84.0 Å². The molecule has 0 aromatic heterocycles. The fraction of sp³-hybridized carbons (Fsp3) is 1.00. The van der Waals surface area contributed by atoms with Gasteiger partial charge in [-0.1, -0.05) is 6.92 Å². The van der Waals surface area contributed by atoms with E-state index in [0.29, 0.717) is 6.42 Å². The second-order valence-corrected chi connectivity index (χ2v) is 3.57. The summed E-state index contributed by atoms with van der Waals surface area (Å²) in [6.07, 6.45) is 0.457. The summed E-state index contributed by atoms with van der Waals surface area (Å²) in [5.41, 5.74) is 0. The first kappa shape index (κ1) is 17.1. The van der Waals surface area contributed by atoms with Gasteiger partial charge in [-0.15, -0.1) is 0 Å². The van der Waals surface area contributed by atoms with Crippen LogP contribution in [0, 0.1) is 0 Å². The SMILES string of the molecule is CCC(C)S(=O)(=O)O.N.[NaH]. The Kier molecular flexibility index (Phi) is 11.2. The molecule has 0 spiro atoms. The van der Waals surface area contributed by atoms with E-state index in [0.717, 1.165) is 0 Å². The van der Waals surface area contributed by atoms with Crippen LogP contribution in [0.15, 0.2) is 0 Å². The van der Waals surface area contributed by atoms with Crippen molar-refractivity contribution in [2.24, 2.45) is 0 Å². The van der Waals surface area contributed by atoms with Gasteiger partial charge in [0.15, 0.2) is 0 Å². The summed E-state index contributed by atoms with van der Waals surface area (Å²) in [5, 5.41) is -0.623. The molecule has 0 saturated heterocycles. The Hall–Kier alpha value is 0.870. The molecule has 10 heavy (non-hydrogen) atoms. The topological polar surface area (TPSA) is 89.4 Å². The van der Waals surface area contributed by atoms with Crippen LogP contribution in [-0.4, -0.2) is 47.8 Å². The molecule has 0 fully saturated rings. The third-order valence-corrected chi connectivity index (χ3v) is 2.43. The van der Waals surface area contributed by atoms with Crippen LogP contribution in [0.2, 0.25) is 0 Å². The van der Waals surface area contributed by atoms with Crippen LogP contribution in [0.5, 0.6) is 0 Å². The Morgan fingerprint density at radius 2 is 1.80 bits per heavy atom. The van der Waals surface area contributed by atoms with E-state index in [1.165, 1.54) is 6.92 Å². The van der Waals surface area contributed by atoms with Gasteiger partial charge in [0.1, 0.15) is 0 Å². The average Bonchev–Trinajstić information content (AvgIpc) is 1.62. The second kappa shape index (κ2) is 6.57. The van der Waals surface area contributed by atoms with Gasteiger partial charge in [0.05, 0.1) is 5.25 Å². The molecule has 0 aliphatic carbocycles. The summed E-state index contributed by atoms with van der Waals surface area (Å²) in [7, 11) is -3.75. The van der Waals surface area contributed by atoms with Gasteiger partial charge in [-0.05, 0) is 13.3 Å². The van der Waals surface area contributed by atoms with E-state index in [1.54, 1.807) is 6.92 Å². The molecule has 1 atom stereocenters. The van der Waals surface area contributed by atoms with E-state index >= 15 is 0 Å². The maximum atomic E-state index is 10.1. The van der Waals surface area contributed by atoms with E-state index in [-0.39, 0.29) is 35.7 Å². The zero-order chi connectivity index (χ0) is 6.78. The van der Waals surface area contributed by atoms with E-state index in [2.05, 4.69) is 0 Å². The Bertz CT molecular complexity index is 156. The van der Waals surface area contributed by atoms with Gasteiger partial charge in [0, 0.05) is 0 Å². The van der Waals surface area contributed by atoms with Crippen molar-refractivity contribution in [1.29, 1.82) is 0 Å². The first-order valence-corrected chi connectivity index (χ1v) is 3.95. The van der Waals surface area contributed by atoms with Crippen molar-refractivity contribution in [2.75, 3.05) is 0 Å². The number of hydrogen-bond acceptors (Lipinski definition) is 3. The molecule has 0 heterocycles. The first-order valence-electron chi connectivity index (χ1n) is 2.44. The molecule has 0 saturated carbocycles. The molecule has 4 nitrogen and oxygen atoms in total. The van der Waals surface area contributed by atoms with Gasteiger partial charge in [-0.2, -0.15) is 8.42 Å². The zero-order valence-corrected chi connectivity index (χ0v) is 6.48. The summed E-state index contributed by atoms with van der Waals surface area (Å²) in [6, 6.07) is 0. The van der Waals surface area contributed by atoms with Crippen molar-refractivity contribution < 1.29 is 13.0 Å². The van der Waals surface area contributed by atoms with Crippen LogP contribution in [-0.2, 0) is 10.1 Å². The molecule has 0 radical (unpaired) electrons. The molecular formula is C4H14NNaO3S. The van der Waals surface area contributed by atoms with E-state index < -0.39 is 15.4 Å². The second-order valence-electron chi connectivity index (χ2n) is 1.73. The molecule has 1 unspecified atom stereocenters. The van der Waals surface area contributed by atoms with E-state index in [1.807, 2.05) is 0 Å². The molecule has 0 aromatic carbocycles. The van der Waals surface area contributed by atoms with Gasteiger partial charge in [-0.25, -0.2) is 0 Å². The molecule has 0 aliphatic heterocycles. The van der Waals surface area contributed by atoms with Crippen molar-refractivity contribution in [3.8, 4) is 0 Å². The molecule has 0 bridgehead atoms. The summed E-state index contributed by atoms with van der Waals surface area (Å²) in [5.74, 6) is 0. The van der Waals surface area contributed by atoms with E-state index in [4.69, 9.17) is 4.55 Å². The molecular weight excluding hydrogens is 165 g/mol. The van der Waals surface area contributed by atoms with Crippen LogP contribution in [0.4, 0.5) is 0 Å². The molecule has 4 N–H and O–H groups in total. The Balaban J connectivity index is -0.000000245. The molecule has 6 heteroatoms.